The zero-order valence-electron chi connectivity index (χ0n) is 9.67. The Morgan fingerprint density at radius 1 is 1.35 bits per heavy atom. The van der Waals surface area contributed by atoms with E-state index in [1.807, 2.05) is 36.7 Å². The van der Waals surface area contributed by atoms with Crippen LogP contribution in [-0.4, -0.2) is 15.8 Å². The van der Waals surface area contributed by atoms with Gasteiger partial charge in [0.05, 0.1) is 5.75 Å². The highest BCUT2D eigenvalue weighted by Gasteiger charge is 2.02. The minimum Gasteiger partial charge on any atom is -0.335 e. The summed E-state index contributed by atoms with van der Waals surface area (Å²) in [6.07, 6.45) is 4.68. The van der Waals surface area contributed by atoms with Crippen LogP contribution in [0.3, 0.4) is 0 Å². The van der Waals surface area contributed by atoms with Gasteiger partial charge in [0, 0.05) is 29.4 Å². The lowest BCUT2D eigenvalue weighted by atomic mass is 10.2. The number of hydrogen-bond acceptors (Lipinski definition) is 3. The quantitative estimate of drug-likeness (QED) is 0.601. The van der Waals surface area contributed by atoms with E-state index in [9.17, 15) is 4.79 Å². The predicted molar refractivity (Wildman–Crippen MR) is 69.3 cm³/mol. The second-order valence-corrected chi connectivity index (χ2v) is 4.65. The molecule has 0 aliphatic rings. The predicted octanol–water partition coefficient (Wildman–Crippen LogP) is 3.01. The van der Waals surface area contributed by atoms with Crippen molar-refractivity contribution in [3.63, 3.8) is 0 Å². The molecule has 0 saturated carbocycles. The molecule has 0 unspecified atom stereocenters. The Hall–Kier alpha value is -1.55. The maximum Gasteiger partial charge on any atom is 0.150 e. The molecule has 0 atom stereocenters. The van der Waals surface area contributed by atoms with Crippen molar-refractivity contribution in [1.82, 2.24) is 9.55 Å². The molecule has 1 aromatic carbocycles. The van der Waals surface area contributed by atoms with Crippen molar-refractivity contribution in [2.45, 2.75) is 24.1 Å². The van der Waals surface area contributed by atoms with E-state index in [-0.39, 0.29) is 0 Å². The van der Waals surface area contributed by atoms with Crippen molar-refractivity contribution in [2.75, 3.05) is 0 Å². The van der Waals surface area contributed by atoms with E-state index in [1.54, 1.807) is 11.8 Å². The lowest BCUT2D eigenvalue weighted by Crippen LogP contribution is -1.98. The number of benzene rings is 1. The Kier molecular flexibility index (Phi) is 3.98. The number of rotatable bonds is 5. The lowest BCUT2D eigenvalue weighted by Gasteiger charge is -2.04. The zero-order chi connectivity index (χ0) is 12.1. The highest BCUT2D eigenvalue weighted by molar-refractivity contribution is 7.98. The molecule has 3 nitrogen and oxygen atoms in total. The van der Waals surface area contributed by atoms with Crippen LogP contribution >= 0.6 is 11.8 Å². The van der Waals surface area contributed by atoms with Crippen LogP contribution in [0.5, 0.6) is 0 Å². The summed E-state index contributed by atoms with van der Waals surface area (Å²) in [5, 5.41) is 0. The fourth-order valence-corrected chi connectivity index (χ4v) is 2.42. The van der Waals surface area contributed by atoms with Gasteiger partial charge in [-0.25, -0.2) is 4.98 Å². The molecule has 2 rings (SSSR count). The molecule has 0 amide bonds. The van der Waals surface area contributed by atoms with Crippen molar-refractivity contribution in [1.29, 1.82) is 0 Å². The van der Waals surface area contributed by atoms with E-state index in [0.29, 0.717) is 5.56 Å². The number of aryl methyl sites for hydroxylation is 1. The van der Waals surface area contributed by atoms with Gasteiger partial charge < -0.3 is 4.57 Å². The standard InChI is InChI=1S/C13H14N2OS/c1-2-15-8-7-14-13(15)10-17-12-5-3-11(9-16)4-6-12/h3-9H,2,10H2,1H3. The van der Waals surface area contributed by atoms with Crippen molar-refractivity contribution in [2.24, 2.45) is 0 Å². The zero-order valence-corrected chi connectivity index (χ0v) is 10.5. The first-order valence-electron chi connectivity index (χ1n) is 5.51. The number of carbonyl (C=O) groups excluding carboxylic acids is 1. The van der Waals surface area contributed by atoms with Crippen LogP contribution in [0.15, 0.2) is 41.6 Å². The average molecular weight is 246 g/mol. The Morgan fingerprint density at radius 3 is 2.76 bits per heavy atom. The molecule has 2 aromatic rings. The summed E-state index contributed by atoms with van der Waals surface area (Å²) in [5.41, 5.74) is 0.712. The molecule has 0 radical (unpaired) electrons. The van der Waals surface area contributed by atoms with Crippen LogP contribution in [0.1, 0.15) is 23.1 Å². The molecule has 0 bridgehead atoms. The fraction of sp³-hybridized carbons (Fsp3) is 0.231. The van der Waals surface area contributed by atoms with E-state index >= 15 is 0 Å². The number of nitrogens with zero attached hydrogens (tertiary/aromatic N) is 2. The van der Waals surface area contributed by atoms with E-state index in [1.165, 1.54) is 0 Å². The topological polar surface area (TPSA) is 34.9 Å². The Bertz CT molecular complexity index is 490. The second kappa shape index (κ2) is 5.68. The summed E-state index contributed by atoms with van der Waals surface area (Å²) in [4.78, 5) is 16.0. The summed E-state index contributed by atoms with van der Waals surface area (Å²) in [5.74, 6) is 1.93. The van der Waals surface area contributed by atoms with Crippen LogP contribution in [0.2, 0.25) is 0 Å². The Labute approximate surface area is 105 Å². The monoisotopic (exact) mass is 246 g/mol. The minimum absolute atomic E-state index is 0.712. The van der Waals surface area contributed by atoms with Crippen LogP contribution in [0, 0.1) is 0 Å². The molecular formula is C13H14N2OS. The van der Waals surface area contributed by atoms with E-state index in [0.717, 1.165) is 29.3 Å². The number of carbonyl (C=O) groups is 1. The largest absolute Gasteiger partial charge is 0.335 e. The Balaban J connectivity index is 1.99. The molecule has 0 N–H and O–H groups in total. The van der Waals surface area contributed by atoms with Gasteiger partial charge in [0.2, 0.25) is 0 Å². The van der Waals surface area contributed by atoms with E-state index in [2.05, 4.69) is 16.5 Å². The third kappa shape index (κ3) is 2.97. The van der Waals surface area contributed by atoms with Gasteiger partial charge in [0.1, 0.15) is 12.1 Å². The van der Waals surface area contributed by atoms with E-state index < -0.39 is 0 Å². The fourth-order valence-electron chi connectivity index (χ4n) is 1.56. The normalized spacial score (nSPS) is 10.4. The molecule has 1 aromatic heterocycles. The number of aldehydes is 1. The van der Waals surface area contributed by atoms with Gasteiger partial charge in [-0.2, -0.15) is 0 Å². The summed E-state index contributed by atoms with van der Waals surface area (Å²) in [7, 11) is 0. The van der Waals surface area contributed by atoms with Gasteiger partial charge in [-0.1, -0.05) is 12.1 Å². The third-order valence-electron chi connectivity index (χ3n) is 2.53. The maximum atomic E-state index is 10.5. The average Bonchev–Trinajstić information content (AvgIpc) is 2.84. The Morgan fingerprint density at radius 2 is 2.12 bits per heavy atom. The van der Waals surface area contributed by atoms with Crippen LogP contribution in [0.25, 0.3) is 0 Å². The maximum absolute atomic E-state index is 10.5. The van der Waals surface area contributed by atoms with Crippen molar-refractivity contribution in [3.8, 4) is 0 Å². The molecule has 88 valence electrons. The summed E-state index contributed by atoms with van der Waals surface area (Å²) in [6, 6.07) is 7.60. The number of imidazole rings is 1. The summed E-state index contributed by atoms with van der Waals surface area (Å²) < 4.78 is 2.13. The minimum atomic E-state index is 0.712. The van der Waals surface area contributed by atoms with E-state index in [4.69, 9.17) is 0 Å². The van der Waals surface area contributed by atoms with Crippen molar-refractivity contribution in [3.05, 3.63) is 48.0 Å². The smallest absolute Gasteiger partial charge is 0.150 e. The number of aromatic nitrogens is 2. The number of thioether (sulfide) groups is 1. The molecular weight excluding hydrogens is 232 g/mol. The van der Waals surface area contributed by atoms with Gasteiger partial charge in [0.15, 0.2) is 0 Å². The van der Waals surface area contributed by atoms with Gasteiger partial charge in [-0.3, -0.25) is 4.79 Å². The molecule has 4 heteroatoms. The molecule has 17 heavy (non-hydrogen) atoms. The number of hydrogen-bond donors (Lipinski definition) is 0. The molecule has 0 spiro atoms. The molecule has 0 fully saturated rings. The van der Waals surface area contributed by atoms with Crippen LogP contribution in [0.4, 0.5) is 0 Å². The van der Waals surface area contributed by atoms with Crippen molar-refractivity contribution >= 4 is 18.0 Å². The van der Waals surface area contributed by atoms with Gasteiger partial charge in [-0.15, -0.1) is 11.8 Å². The SMILES string of the molecule is CCn1ccnc1CSc1ccc(C=O)cc1. The van der Waals surface area contributed by atoms with Gasteiger partial charge in [-0.05, 0) is 19.1 Å². The first-order chi connectivity index (χ1) is 8.33. The molecule has 0 aliphatic carbocycles. The van der Waals surface area contributed by atoms with Crippen LogP contribution in [-0.2, 0) is 12.3 Å². The first-order valence-corrected chi connectivity index (χ1v) is 6.50. The second-order valence-electron chi connectivity index (χ2n) is 3.61. The first kappa shape index (κ1) is 11.9. The summed E-state index contributed by atoms with van der Waals surface area (Å²) in [6.45, 7) is 3.05. The van der Waals surface area contributed by atoms with Crippen molar-refractivity contribution < 1.29 is 4.79 Å². The third-order valence-corrected chi connectivity index (χ3v) is 3.53. The molecule has 0 saturated heterocycles. The van der Waals surface area contributed by atoms with Crippen LogP contribution < -0.4 is 0 Å². The molecule has 1 heterocycles. The van der Waals surface area contributed by atoms with Gasteiger partial charge >= 0.3 is 0 Å². The highest BCUT2D eigenvalue weighted by Crippen LogP contribution is 2.22. The van der Waals surface area contributed by atoms with Gasteiger partial charge in [0.25, 0.3) is 0 Å². The summed E-state index contributed by atoms with van der Waals surface area (Å²) >= 11 is 1.73. The highest BCUT2D eigenvalue weighted by atomic mass is 32.2. The molecule has 0 aliphatic heterocycles. The lowest BCUT2D eigenvalue weighted by molar-refractivity contribution is 0.112.